The van der Waals surface area contributed by atoms with Crippen LogP contribution < -0.4 is 9.47 Å². The highest BCUT2D eigenvalue weighted by molar-refractivity contribution is 5.95. The number of carbonyl (C=O) groups excluding carboxylic acids is 2. The zero-order valence-corrected chi connectivity index (χ0v) is 13.8. The summed E-state index contributed by atoms with van der Waals surface area (Å²) in [4.78, 5) is 27.8. The Hall–Kier alpha value is -2.44. The van der Waals surface area contributed by atoms with E-state index in [9.17, 15) is 9.59 Å². The quantitative estimate of drug-likeness (QED) is 0.783. The number of methoxy groups -OCH3 is 1. The molecule has 2 aliphatic rings. The van der Waals surface area contributed by atoms with Crippen molar-refractivity contribution in [2.45, 2.75) is 12.8 Å². The summed E-state index contributed by atoms with van der Waals surface area (Å²) < 4.78 is 16.0. The summed E-state index contributed by atoms with van der Waals surface area (Å²) in [5.74, 6) is 1.23. The summed E-state index contributed by atoms with van der Waals surface area (Å²) in [6, 6.07) is 5.29. The van der Waals surface area contributed by atoms with Crippen molar-refractivity contribution in [3.8, 4) is 11.5 Å². The summed E-state index contributed by atoms with van der Waals surface area (Å²) in [7, 11) is 1.37. The minimum Gasteiger partial charge on any atom is -0.490 e. The van der Waals surface area contributed by atoms with Crippen molar-refractivity contribution in [1.29, 1.82) is 0 Å². The van der Waals surface area contributed by atoms with Gasteiger partial charge in [0.05, 0.1) is 20.3 Å². The maximum Gasteiger partial charge on any atom is 0.409 e. The van der Waals surface area contributed by atoms with Crippen LogP contribution in [0.15, 0.2) is 18.2 Å². The van der Waals surface area contributed by atoms with Crippen LogP contribution in [0, 0.1) is 0 Å². The average molecular weight is 334 g/mol. The topological polar surface area (TPSA) is 68.3 Å². The third-order valence-electron chi connectivity index (χ3n) is 4.21. The molecule has 0 spiro atoms. The molecule has 0 atom stereocenters. The first-order valence-corrected chi connectivity index (χ1v) is 8.21. The van der Waals surface area contributed by atoms with Gasteiger partial charge in [0.2, 0.25) is 0 Å². The maximum atomic E-state index is 12.8. The molecule has 1 aromatic rings. The van der Waals surface area contributed by atoms with Crippen molar-refractivity contribution >= 4 is 12.0 Å². The molecule has 1 fully saturated rings. The van der Waals surface area contributed by atoms with E-state index in [-0.39, 0.29) is 12.0 Å². The monoisotopic (exact) mass is 334 g/mol. The smallest absolute Gasteiger partial charge is 0.409 e. The molecule has 2 amide bonds. The third-order valence-corrected chi connectivity index (χ3v) is 4.21. The highest BCUT2D eigenvalue weighted by Gasteiger charge is 2.24. The molecule has 1 saturated heterocycles. The Kier molecular flexibility index (Phi) is 5.08. The molecule has 7 heteroatoms. The first-order valence-electron chi connectivity index (χ1n) is 8.21. The second-order valence-corrected chi connectivity index (χ2v) is 5.81. The van der Waals surface area contributed by atoms with Gasteiger partial charge >= 0.3 is 6.09 Å². The van der Waals surface area contributed by atoms with Crippen LogP contribution in [0.25, 0.3) is 0 Å². The van der Waals surface area contributed by atoms with Crippen molar-refractivity contribution in [3.63, 3.8) is 0 Å². The van der Waals surface area contributed by atoms with Gasteiger partial charge < -0.3 is 24.0 Å². The van der Waals surface area contributed by atoms with E-state index < -0.39 is 0 Å². The molecule has 0 radical (unpaired) electrons. The number of fused-ring (bicyclic) bond motifs is 1. The normalized spacial score (nSPS) is 17.7. The van der Waals surface area contributed by atoms with Crippen LogP contribution in [0.1, 0.15) is 23.2 Å². The molecule has 0 saturated carbocycles. The molecule has 3 rings (SSSR count). The molecule has 2 heterocycles. The fraction of sp³-hybridized carbons (Fsp3) is 0.529. The highest BCUT2D eigenvalue weighted by atomic mass is 16.5. The molecule has 0 bridgehead atoms. The molecule has 1 aromatic carbocycles. The summed E-state index contributed by atoms with van der Waals surface area (Å²) in [5.41, 5.74) is 0.575. The lowest BCUT2D eigenvalue weighted by Crippen LogP contribution is -2.37. The van der Waals surface area contributed by atoms with Crippen molar-refractivity contribution < 1.29 is 23.8 Å². The molecule has 24 heavy (non-hydrogen) atoms. The van der Waals surface area contributed by atoms with E-state index in [1.165, 1.54) is 7.11 Å². The van der Waals surface area contributed by atoms with Crippen molar-refractivity contribution in [2.24, 2.45) is 0 Å². The number of nitrogens with zero attached hydrogens (tertiary/aromatic N) is 2. The Morgan fingerprint density at radius 3 is 2.46 bits per heavy atom. The van der Waals surface area contributed by atoms with Crippen LogP contribution in [0.3, 0.4) is 0 Å². The Morgan fingerprint density at radius 2 is 1.67 bits per heavy atom. The van der Waals surface area contributed by atoms with E-state index in [4.69, 9.17) is 14.2 Å². The molecule has 0 aromatic heterocycles. The van der Waals surface area contributed by atoms with Gasteiger partial charge in [-0.3, -0.25) is 4.79 Å². The van der Waals surface area contributed by atoms with Crippen molar-refractivity contribution in [3.05, 3.63) is 23.8 Å². The standard InChI is InChI=1S/C17H22N2O5/c1-22-17(21)19-7-2-6-18(8-9-19)16(20)13-4-5-14-15(12-13)24-11-3-10-23-14/h4-5,12H,2-3,6-11H2,1H3. The Bertz CT molecular complexity index is 619. The van der Waals surface area contributed by atoms with Crippen LogP contribution in [-0.4, -0.2) is 68.3 Å². The lowest BCUT2D eigenvalue weighted by molar-refractivity contribution is 0.0756. The minimum absolute atomic E-state index is 0.0580. The van der Waals surface area contributed by atoms with Gasteiger partial charge in [-0.25, -0.2) is 4.79 Å². The van der Waals surface area contributed by atoms with E-state index in [0.29, 0.717) is 56.5 Å². The first-order chi connectivity index (χ1) is 11.7. The summed E-state index contributed by atoms with van der Waals surface area (Å²) in [6.45, 7) is 3.38. The SMILES string of the molecule is COC(=O)N1CCCN(C(=O)c2ccc3c(c2)OCCCO3)CC1. The van der Waals surface area contributed by atoms with Crippen LogP contribution in [0.2, 0.25) is 0 Å². The molecule has 130 valence electrons. The second kappa shape index (κ2) is 7.42. The zero-order valence-electron chi connectivity index (χ0n) is 13.8. The van der Waals surface area contributed by atoms with Crippen molar-refractivity contribution in [1.82, 2.24) is 9.80 Å². The van der Waals surface area contributed by atoms with E-state index in [1.807, 2.05) is 0 Å². The predicted molar refractivity (Wildman–Crippen MR) is 86.5 cm³/mol. The van der Waals surface area contributed by atoms with Gasteiger partial charge in [-0.15, -0.1) is 0 Å². The van der Waals surface area contributed by atoms with Gasteiger partial charge in [0.25, 0.3) is 5.91 Å². The molecular weight excluding hydrogens is 312 g/mol. The fourth-order valence-electron chi connectivity index (χ4n) is 2.91. The molecular formula is C17H22N2O5. The van der Waals surface area contributed by atoms with Gasteiger partial charge in [0.1, 0.15) is 0 Å². The number of carbonyl (C=O) groups is 2. The van der Waals surface area contributed by atoms with Gasteiger partial charge in [-0.2, -0.15) is 0 Å². The zero-order chi connectivity index (χ0) is 16.9. The summed E-state index contributed by atoms with van der Waals surface area (Å²) >= 11 is 0. The van der Waals surface area contributed by atoms with Crippen LogP contribution in [-0.2, 0) is 4.74 Å². The predicted octanol–water partition coefficient (Wildman–Crippen LogP) is 1.76. The second-order valence-electron chi connectivity index (χ2n) is 5.81. The lowest BCUT2D eigenvalue weighted by Gasteiger charge is -2.21. The van der Waals surface area contributed by atoms with E-state index >= 15 is 0 Å². The lowest BCUT2D eigenvalue weighted by atomic mass is 10.1. The molecule has 0 unspecified atom stereocenters. The molecule has 0 aliphatic carbocycles. The first kappa shape index (κ1) is 16.4. The Labute approximate surface area is 141 Å². The minimum atomic E-state index is -0.347. The largest absolute Gasteiger partial charge is 0.490 e. The summed E-state index contributed by atoms with van der Waals surface area (Å²) in [5, 5.41) is 0. The number of amides is 2. The average Bonchev–Trinajstić information content (AvgIpc) is 3.00. The van der Waals surface area contributed by atoms with Gasteiger partial charge in [0, 0.05) is 38.2 Å². The van der Waals surface area contributed by atoms with E-state index in [0.717, 1.165) is 12.8 Å². The van der Waals surface area contributed by atoms with E-state index in [2.05, 4.69) is 0 Å². The van der Waals surface area contributed by atoms with E-state index in [1.54, 1.807) is 28.0 Å². The molecule has 7 nitrogen and oxygen atoms in total. The van der Waals surface area contributed by atoms with Gasteiger partial charge in [0.15, 0.2) is 11.5 Å². The third kappa shape index (κ3) is 3.55. The van der Waals surface area contributed by atoms with Gasteiger partial charge in [-0.05, 0) is 24.6 Å². The number of hydrogen-bond acceptors (Lipinski definition) is 5. The van der Waals surface area contributed by atoms with Crippen molar-refractivity contribution in [2.75, 3.05) is 46.5 Å². The number of rotatable bonds is 1. The molecule has 0 N–H and O–H groups in total. The Morgan fingerprint density at radius 1 is 0.958 bits per heavy atom. The van der Waals surface area contributed by atoms with Gasteiger partial charge in [-0.1, -0.05) is 0 Å². The van der Waals surface area contributed by atoms with Crippen LogP contribution in [0.4, 0.5) is 4.79 Å². The van der Waals surface area contributed by atoms with Crippen LogP contribution >= 0.6 is 0 Å². The number of benzene rings is 1. The highest BCUT2D eigenvalue weighted by Crippen LogP contribution is 2.30. The summed E-state index contributed by atoms with van der Waals surface area (Å²) in [6.07, 6.45) is 1.21. The molecule has 2 aliphatic heterocycles. The number of hydrogen-bond donors (Lipinski definition) is 0. The fourth-order valence-corrected chi connectivity index (χ4v) is 2.91. The van der Waals surface area contributed by atoms with Crippen LogP contribution in [0.5, 0.6) is 11.5 Å². The Balaban J connectivity index is 1.70. The maximum absolute atomic E-state index is 12.8. The number of ether oxygens (including phenoxy) is 3.